The van der Waals surface area contributed by atoms with E-state index >= 15 is 0 Å². The van der Waals surface area contributed by atoms with Gasteiger partial charge in [-0.2, -0.15) is 4.98 Å². The van der Waals surface area contributed by atoms with Crippen molar-refractivity contribution in [3.8, 4) is 0 Å². The molecule has 6 heteroatoms. The van der Waals surface area contributed by atoms with Gasteiger partial charge in [-0.3, -0.25) is 4.79 Å². The van der Waals surface area contributed by atoms with Crippen LogP contribution in [0, 0.1) is 0 Å². The number of nitrogens with zero attached hydrogens (tertiary/aromatic N) is 3. The molecule has 2 aromatic rings. The molecule has 0 saturated carbocycles. The number of ketones is 1. The standard InChI is InChI=1S/C19H22N4OS/c1-11(2)12-7-9-13(10-8-12)17-16-14(5-4-6-15(16)24)20-18-21-19(25-3)22-23(17)18/h7-11,17H,4-6H2,1-3H3,(H,20,21,22)/t17-/m1/s1. The third kappa shape index (κ3) is 2.78. The highest BCUT2D eigenvalue weighted by Crippen LogP contribution is 2.40. The lowest BCUT2D eigenvalue weighted by atomic mass is 9.85. The molecule has 1 aliphatic heterocycles. The Hall–Kier alpha value is -2.08. The number of aromatic nitrogens is 3. The Labute approximate surface area is 151 Å². The quantitative estimate of drug-likeness (QED) is 0.839. The number of hydrogen-bond acceptors (Lipinski definition) is 5. The number of hydrogen-bond donors (Lipinski definition) is 1. The maximum atomic E-state index is 12.7. The van der Waals surface area contributed by atoms with E-state index in [1.54, 1.807) is 0 Å². The highest BCUT2D eigenvalue weighted by molar-refractivity contribution is 7.98. The summed E-state index contributed by atoms with van der Waals surface area (Å²) in [5, 5.41) is 8.70. The molecule has 1 atom stereocenters. The summed E-state index contributed by atoms with van der Waals surface area (Å²) in [5.41, 5.74) is 4.26. The topological polar surface area (TPSA) is 59.8 Å². The van der Waals surface area contributed by atoms with Crippen LogP contribution in [-0.4, -0.2) is 26.8 Å². The Morgan fingerprint density at radius 3 is 2.68 bits per heavy atom. The number of carbonyl (C=O) groups is 1. The van der Waals surface area contributed by atoms with Crippen LogP contribution >= 0.6 is 11.8 Å². The van der Waals surface area contributed by atoms with Gasteiger partial charge in [-0.15, -0.1) is 5.10 Å². The summed E-state index contributed by atoms with van der Waals surface area (Å²) in [6, 6.07) is 8.38. The Morgan fingerprint density at radius 2 is 2.00 bits per heavy atom. The number of benzene rings is 1. The molecule has 1 aromatic heterocycles. The molecule has 2 aliphatic rings. The molecule has 0 amide bonds. The molecule has 1 aromatic carbocycles. The molecular formula is C19H22N4OS. The number of Topliss-reactive ketones (excluding diaryl/α,β-unsaturated/α-hetero) is 1. The molecule has 0 fully saturated rings. The van der Waals surface area contributed by atoms with Gasteiger partial charge >= 0.3 is 0 Å². The zero-order valence-corrected chi connectivity index (χ0v) is 15.6. The molecule has 2 heterocycles. The van der Waals surface area contributed by atoms with E-state index in [0.717, 1.165) is 40.8 Å². The number of carbonyl (C=O) groups excluding carboxylic acids is 1. The molecule has 4 rings (SSSR count). The minimum atomic E-state index is -0.186. The fourth-order valence-corrected chi connectivity index (χ4v) is 3.94. The largest absolute Gasteiger partial charge is 0.328 e. The number of thioether (sulfide) groups is 1. The lowest BCUT2D eigenvalue weighted by Gasteiger charge is -2.32. The second kappa shape index (κ2) is 6.33. The SMILES string of the molecule is CSc1nc2n(n1)[C@H](c1ccc(C(C)C)cc1)C1=C(CCCC1=O)N2. The number of fused-ring (bicyclic) bond motifs is 1. The fraction of sp³-hybridized carbons (Fsp3) is 0.421. The van der Waals surface area contributed by atoms with Gasteiger partial charge in [0.1, 0.15) is 6.04 Å². The molecule has 25 heavy (non-hydrogen) atoms. The van der Waals surface area contributed by atoms with Crippen molar-refractivity contribution in [2.75, 3.05) is 11.6 Å². The van der Waals surface area contributed by atoms with Gasteiger partial charge in [-0.05, 0) is 36.1 Å². The van der Waals surface area contributed by atoms with Crippen molar-refractivity contribution in [3.63, 3.8) is 0 Å². The molecule has 0 saturated heterocycles. The minimum Gasteiger partial charge on any atom is -0.328 e. The Balaban J connectivity index is 1.85. The average molecular weight is 354 g/mol. The maximum Gasteiger partial charge on any atom is 0.227 e. The predicted octanol–water partition coefficient (Wildman–Crippen LogP) is 4.15. The summed E-state index contributed by atoms with van der Waals surface area (Å²) in [7, 11) is 0. The predicted molar refractivity (Wildman–Crippen MR) is 100.0 cm³/mol. The van der Waals surface area contributed by atoms with Gasteiger partial charge in [0.25, 0.3) is 0 Å². The second-order valence-electron chi connectivity index (χ2n) is 6.88. The number of nitrogens with one attached hydrogen (secondary N) is 1. The van der Waals surface area contributed by atoms with Crippen LogP contribution in [0.3, 0.4) is 0 Å². The summed E-state index contributed by atoms with van der Waals surface area (Å²) in [4.78, 5) is 17.3. The average Bonchev–Trinajstić information content (AvgIpc) is 3.03. The van der Waals surface area contributed by atoms with Gasteiger partial charge in [0.2, 0.25) is 11.1 Å². The first-order valence-corrected chi connectivity index (χ1v) is 9.94. The van der Waals surface area contributed by atoms with Crippen molar-refractivity contribution in [2.45, 2.75) is 50.2 Å². The Bertz CT molecular complexity index is 851. The van der Waals surface area contributed by atoms with Crippen LogP contribution in [0.15, 0.2) is 40.7 Å². The third-order valence-corrected chi connectivity index (χ3v) is 5.49. The smallest absolute Gasteiger partial charge is 0.227 e. The molecule has 1 aliphatic carbocycles. The van der Waals surface area contributed by atoms with E-state index in [4.69, 9.17) is 0 Å². The van der Waals surface area contributed by atoms with E-state index in [2.05, 4.69) is 53.5 Å². The second-order valence-corrected chi connectivity index (χ2v) is 7.66. The van der Waals surface area contributed by atoms with E-state index in [-0.39, 0.29) is 11.8 Å². The summed E-state index contributed by atoms with van der Waals surface area (Å²) in [6.45, 7) is 4.37. The van der Waals surface area contributed by atoms with Gasteiger partial charge in [0, 0.05) is 17.7 Å². The normalized spacial score (nSPS) is 19.7. The fourth-order valence-electron chi connectivity index (χ4n) is 3.59. The first-order valence-electron chi connectivity index (χ1n) is 8.72. The molecule has 0 radical (unpaired) electrons. The van der Waals surface area contributed by atoms with Crippen molar-refractivity contribution in [1.29, 1.82) is 0 Å². The monoisotopic (exact) mass is 354 g/mol. The summed E-state index contributed by atoms with van der Waals surface area (Å²) >= 11 is 1.51. The van der Waals surface area contributed by atoms with Crippen LogP contribution in [-0.2, 0) is 4.79 Å². The molecule has 1 N–H and O–H groups in total. The van der Waals surface area contributed by atoms with Crippen molar-refractivity contribution in [2.24, 2.45) is 0 Å². The highest BCUT2D eigenvalue weighted by atomic mass is 32.2. The maximum absolute atomic E-state index is 12.7. The number of allylic oxidation sites excluding steroid dienone is 2. The zero-order chi connectivity index (χ0) is 17.6. The first kappa shape index (κ1) is 16.4. The van der Waals surface area contributed by atoms with Crippen LogP contribution in [0.4, 0.5) is 5.95 Å². The third-order valence-electron chi connectivity index (χ3n) is 4.95. The summed E-state index contributed by atoms with van der Waals surface area (Å²) in [6.07, 6.45) is 4.36. The van der Waals surface area contributed by atoms with E-state index in [1.165, 1.54) is 17.3 Å². The van der Waals surface area contributed by atoms with Crippen molar-refractivity contribution >= 4 is 23.5 Å². The lowest BCUT2D eigenvalue weighted by molar-refractivity contribution is -0.116. The van der Waals surface area contributed by atoms with Crippen molar-refractivity contribution < 1.29 is 4.79 Å². The highest BCUT2D eigenvalue weighted by Gasteiger charge is 2.36. The molecule has 0 unspecified atom stereocenters. The molecule has 0 bridgehead atoms. The van der Waals surface area contributed by atoms with Gasteiger partial charge < -0.3 is 5.32 Å². The summed E-state index contributed by atoms with van der Waals surface area (Å²) in [5.74, 6) is 1.44. The zero-order valence-electron chi connectivity index (χ0n) is 14.7. The van der Waals surface area contributed by atoms with Crippen LogP contribution in [0.2, 0.25) is 0 Å². The van der Waals surface area contributed by atoms with Crippen LogP contribution in [0.1, 0.15) is 56.2 Å². The summed E-state index contributed by atoms with van der Waals surface area (Å²) < 4.78 is 1.87. The van der Waals surface area contributed by atoms with Crippen molar-refractivity contribution in [3.05, 3.63) is 46.7 Å². The Morgan fingerprint density at radius 1 is 1.24 bits per heavy atom. The van der Waals surface area contributed by atoms with Gasteiger partial charge in [-0.1, -0.05) is 49.9 Å². The van der Waals surface area contributed by atoms with Gasteiger partial charge in [0.05, 0.1) is 0 Å². The molecular weight excluding hydrogens is 332 g/mol. The van der Waals surface area contributed by atoms with E-state index in [0.29, 0.717) is 12.3 Å². The van der Waals surface area contributed by atoms with Crippen LogP contribution < -0.4 is 5.32 Å². The van der Waals surface area contributed by atoms with Gasteiger partial charge in [0.15, 0.2) is 5.78 Å². The molecule has 130 valence electrons. The molecule has 5 nitrogen and oxygen atoms in total. The minimum absolute atomic E-state index is 0.186. The molecule has 0 spiro atoms. The van der Waals surface area contributed by atoms with E-state index in [9.17, 15) is 4.79 Å². The van der Waals surface area contributed by atoms with E-state index in [1.807, 2.05) is 10.9 Å². The van der Waals surface area contributed by atoms with Gasteiger partial charge in [-0.25, -0.2) is 4.68 Å². The Kier molecular flexibility index (Phi) is 4.15. The number of anilines is 1. The van der Waals surface area contributed by atoms with Crippen LogP contribution in [0.5, 0.6) is 0 Å². The van der Waals surface area contributed by atoms with Crippen LogP contribution in [0.25, 0.3) is 0 Å². The lowest BCUT2D eigenvalue weighted by Crippen LogP contribution is -2.31. The van der Waals surface area contributed by atoms with E-state index < -0.39 is 0 Å². The van der Waals surface area contributed by atoms with Crippen molar-refractivity contribution in [1.82, 2.24) is 14.8 Å². The number of rotatable bonds is 3. The first-order chi connectivity index (χ1) is 12.1.